The van der Waals surface area contributed by atoms with Gasteiger partial charge in [-0.05, 0) is 12.5 Å². The standard InChI is InChI=1S/C20H23N5O3/c26-19(9-8-18-22-20(23-28-18)16-6-2-1-3-7-16)24-11-5-13-27-17(14-24)15-25-12-4-10-21-25/h1-4,6-7,10,12,17H,5,8-9,11,13-15H2/t17-/m1/s1. The Morgan fingerprint density at radius 2 is 2.11 bits per heavy atom. The number of amides is 1. The maximum absolute atomic E-state index is 12.7. The molecule has 0 N–H and O–H groups in total. The van der Waals surface area contributed by atoms with Gasteiger partial charge in [0.25, 0.3) is 0 Å². The van der Waals surface area contributed by atoms with Crippen molar-refractivity contribution in [3.63, 3.8) is 0 Å². The van der Waals surface area contributed by atoms with Crippen LogP contribution in [-0.4, -0.2) is 56.5 Å². The van der Waals surface area contributed by atoms with Crippen molar-refractivity contribution >= 4 is 5.91 Å². The fraction of sp³-hybridized carbons (Fsp3) is 0.400. The molecule has 0 spiro atoms. The Labute approximate surface area is 163 Å². The van der Waals surface area contributed by atoms with E-state index in [-0.39, 0.29) is 12.0 Å². The Bertz CT molecular complexity index is 878. The lowest BCUT2D eigenvalue weighted by Gasteiger charge is -2.24. The highest BCUT2D eigenvalue weighted by Crippen LogP contribution is 2.16. The van der Waals surface area contributed by atoms with Gasteiger partial charge in [0.1, 0.15) is 0 Å². The van der Waals surface area contributed by atoms with E-state index in [9.17, 15) is 4.79 Å². The molecule has 0 bridgehead atoms. The first-order chi connectivity index (χ1) is 13.8. The number of aryl methyl sites for hydroxylation is 1. The molecule has 0 unspecified atom stereocenters. The van der Waals surface area contributed by atoms with Crippen molar-refractivity contribution in [2.75, 3.05) is 19.7 Å². The molecule has 0 aliphatic carbocycles. The van der Waals surface area contributed by atoms with Crippen LogP contribution in [0.1, 0.15) is 18.7 Å². The second-order valence-electron chi connectivity index (χ2n) is 6.79. The van der Waals surface area contributed by atoms with Gasteiger partial charge in [-0.3, -0.25) is 9.48 Å². The Kier molecular flexibility index (Phi) is 5.77. The van der Waals surface area contributed by atoms with Crippen molar-refractivity contribution in [1.29, 1.82) is 0 Å². The van der Waals surface area contributed by atoms with Crippen LogP contribution in [0.3, 0.4) is 0 Å². The van der Waals surface area contributed by atoms with Gasteiger partial charge in [0.2, 0.25) is 17.6 Å². The van der Waals surface area contributed by atoms with Gasteiger partial charge in [-0.1, -0.05) is 35.5 Å². The molecule has 0 saturated carbocycles. The zero-order valence-electron chi connectivity index (χ0n) is 15.6. The first kappa shape index (κ1) is 18.4. The molecule has 1 aliphatic rings. The highest BCUT2D eigenvalue weighted by molar-refractivity contribution is 5.76. The Morgan fingerprint density at radius 3 is 2.93 bits per heavy atom. The molecule has 1 saturated heterocycles. The van der Waals surface area contributed by atoms with E-state index in [0.717, 1.165) is 12.0 Å². The van der Waals surface area contributed by atoms with Crippen LogP contribution in [0.5, 0.6) is 0 Å². The zero-order valence-corrected chi connectivity index (χ0v) is 15.6. The number of rotatable bonds is 6. The molecule has 0 radical (unpaired) electrons. The molecule has 146 valence electrons. The smallest absolute Gasteiger partial charge is 0.227 e. The normalized spacial score (nSPS) is 17.4. The number of hydrogen-bond acceptors (Lipinski definition) is 6. The highest BCUT2D eigenvalue weighted by Gasteiger charge is 2.23. The Hall–Kier alpha value is -3.00. The predicted octanol–water partition coefficient (Wildman–Crippen LogP) is 2.18. The lowest BCUT2D eigenvalue weighted by molar-refractivity contribution is -0.132. The van der Waals surface area contributed by atoms with Crippen molar-refractivity contribution in [3.8, 4) is 11.4 Å². The number of carbonyl (C=O) groups is 1. The van der Waals surface area contributed by atoms with Gasteiger partial charge in [0.05, 0.1) is 12.6 Å². The Morgan fingerprint density at radius 1 is 1.21 bits per heavy atom. The van der Waals surface area contributed by atoms with Crippen LogP contribution in [0, 0.1) is 0 Å². The van der Waals surface area contributed by atoms with Crippen LogP contribution in [-0.2, 0) is 22.5 Å². The van der Waals surface area contributed by atoms with E-state index in [1.54, 1.807) is 6.20 Å². The van der Waals surface area contributed by atoms with Crippen LogP contribution in [0.4, 0.5) is 0 Å². The second-order valence-corrected chi connectivity index (χ2v) is 6.79. The van der Waals surface area contributed by atoms with Crippen LogP contribution in [0.2, 0.25) is 0 Å². The van der Waals surface area contributed by atoms with Crippen molar-refractivity contribution in [3.05, 3.63) is 54.7 Å². The number of hydrogen-bond donors (Lipinski definition) is 0. The fourth-order valence-corrected chi connectivity index (χ4v) is 3.28. The van der Waals surface area contributed by atoms with Crippen molar-refractivity contribution < 1.29 is 14.1 Å². The molecule has 3 aromatic rings. The lowest BCUT2D eigenvalue weighted by atomic mass is 10.2. The summed E-state index contributed by atoms with van der Waals surface area (Å²) in [7, 11) is 0. The van der Waals surface area contributed by atoms with E-state index >= 15 is 0 Å². The van der Waals surface area contributed by atoms with Gasteiger partial charge < -0.3 is 14.2 Å². The molecule has 1 fully saturated rings. The minimum atomic E-state index is -0.0561. The molecule has 1 aromatic carbocycles. The summed E-state index contributed by atoms with van der Waals surface area (Å²) in [6, 6.07) is 11.5. The molecular weight excluding hydrogens is 358 g/mol. The minimum Gasteiger partial charge on any atom is -0.374 e. The average molecular weight is 381 g/mol. The molecule has 1 aliphatic heterocycles. The summed E-state index contributed by atoms with van der Waals surface area (Å²) in [6.45, 7) is 2.56. The summed E-state index contributed by atoms with van der Waals surface area (Å²) in [5.41, 5.74) is 0.898. The third-order valence-electron chi connectivity index (χ3n) is 4.71. The van der Waals surface area contributed by atoms with E-state index in [0.29, 0.717) is 50.8 Å². The SMILES string of the molecule is O=C(CCc1nc(-c2ccccc2)no1)N1CCCO[C@@H](Cn2cccn2)C1. The summed E-state index contributed by atoms with van der Waals surface area (Å²) in [6.07, 6.45) is 5.19. The van der Waals surface area contributed by atoms with E-state index in [1.807, 2.05) is 52.2 Å². The topological polar surface area (TPSA) is 86.3 Å². The van der Waals surface area contributed by atoms with E-state index < -0.39 is 0 Å². The molecule has 8 nitrogen and oxygen atoms in total. The summed E-state index contributed by atoms with van der Waals surface area (Å²) < 4.78 is 13.0. The van der Waals surface area contributed by atoms with E-state index in [4.69, 9.17) is 9.26 Å². The minimum absolute atomic E-state index is 0.0561. The number of nitrogens with zero attached hydrogens (tertiary/aromatic N) is 5. The van der Waals surface area contributed by atoms with Gasteiger partial charge in [0, 0.05) is 50.5 Å². The summed E-state index contributed by atoms with van der Waals surface area (Å²) in [4.78, 5) is 19.0. The average Bonchev–Trinajstić information content (AvgIpc) is 3.35. The highest BCUT2D eigenvalue weighted by atomic mass is 16.5. The first-order valence-corrected chi connectivity index (χ1v) is 9.53. The molecule has 8 heteroatoms. The van der Waals surface area contributed by atoms with Crippen LogP contribution in [0.15, 0.2) is 53.3 Å². The van der Waals surface area contributed by atoms with Gasteiger partial charge in [-0.15, -0.1) is 0 Å². The van der Waals surface area contributed by atoms with E-state index in [2.05, 4.69) is 15.2 Å². The van der Waals surface area contributed by atoms with Crippen molar-refractivity contribution in [1.82, 2.24) is 24.8 Å². The van der Waals surface area contributed by atoms with Gasteiger partial charge in [0.15, 0.2) is 0 Å². The number of benzene rings is 1. The molecule has 28 heavy (non-hydrogen) atoms. The molecule has 1 atom stereocenters. The molecular formula is C20H23N5O3. The molecule has 2 aromatic heterocycles. The first-order valence-electron chi connectivity index (χ1n) is 9.53. The molecule has 4 rings (SSSR count). The lowest BCUT2D eigenvalue weighted by Crippen LogP contribution is -2.38. The summed E-state index contributed by atoms with van der Waals surface area (Å²) in [5, 5.41) is 8.22. The van der Waals surface area contributed by atoms with E-state index in [1.165, 1.54) is 0 Å². The number of ether oxygens (including phenoxy) is 1. The Balaban J connectivity index is 1.32. The van der Waals surface area contributed by atoms with Crippen LogP contribution < -0.4 is 0 Å². The molecule has 3 heterocycles. The molecule has 1 amide bonds. The zero-order chi connectivity index (χ0) is 19.2. The largest absolute Gasteiger partial charge is 0.374 e. The monoisotopic (exact) mass is 381 g/mol. The second kappa shape index (κ2) is 8.79. The van der Waals surface area contributed by atoms with Gasteiger partial charge >= 0.3 is 0 Å². The maximum atomic E-state index is 12.7. The number of carbonyl (C=O) groups excluding carboxylic acids is 1. The fourth-order valence-electron chi connectivity index (χ4n) is 3.28. The maximum Gasteiger partial charge on any atom is 0.227 e. The summed E-state index contributed by atoms with van der Waals surface area (Å²) >= 11 is 0. The third kappa shape index (κ3) is 4.64. The van der Waals surface area contributed by atoms with Gasteiger partial charge in [-0.25, -0.2) is 0 Å². The quantitative estimate of drug-likeness (QED) is 0.651. The summed E-state index contributed by atoms with van der Waals surface area (Å²) in [5.74, 6) is 1.10. The third-order valence-corrected chi connectivity index (χ3v) is 4.71. The predicted molar refractivity (Wildman–Crippen MR) is 101 cm³/mol. The van der Waals surface area contributed by atoms with Crippen LogP contribution in [0.25, 0.3) is 11.4 Å². The number of aromatic nitrogens is 4. The van der Waals surface area contributed by atoms with Crippen LogP contribution >= 0.6 is 0 Å². The van der Waals surface area contributed by atoms with Gasteiger partial charge in [-0.2, -0.15) is 10.1 Å². The van der Waals surface area contributed by atoms with Crippen molar-refractivity contribution in [2.24, 2.45) is 0 Å². The van der Waals surface area contributed by atoms with Crippen molar-refractivity contribution in [2.45, 2.75) is 31.9 Å².